The fourth-order valence-corrected chi connectivity index (χ4v) is 5.61. The molecule has 37 heavy (non-hydrogen) atoms. The molecule has 1 atom stereocenters. The van der Waals surface area contributed by atoms with Gasteiger partial charge in [-0.05, 0) is 61.4 Å². The third kappa shape index (κ3) is 8.21. The molecule has 0 aromatic heterocycles. The number of ether oxygens (including phenoxy) is 1. The maximum atomic E-state index is 13.3. The summed E-state index contributed by atoms with van der Waals surface area (Å²) in [6.07, 6.45) is 2.61. The van der Waals surface area contributed by atoms with Crippen LogP contribution in [0.25, 0.3) is 0 Å². The molecule has 1 aliphatic rings. The summed E-state index contributed by atoms with van der Waals surface area (Å²) in [6.45, 7) is 9.06. The number of hydrogen-bond acceptors (Lipinski definition) is 7. The average Bonchev–Trinajstić information content (AvgIpc) is 3.00. The molecule has 0 saturated heterocycles. The van der Waals surface area contributed by atoms with Crippen molar-refractivity contribution in [1.82, 2.24) is 9.31 Å². The average molecular weight is 533 g/mol. The molecule has 9 nitrogen and oxygen atoms in total. The Labute approximate surface area is 220 Å². The minimum absolute atomic E-state index is 0.0564. The number of sulfonamides is 1. The largest absolute Gasteiger partial charge is 0.491 e. The number of allylic oxidation sites excluding steroid dienone is 1. The summed E-state index contributed by atoms with van der Waals surface area (Å²) >= 11 is 0. The maximum absolute atomic E-state index is 13.3. The van der Waals surface area contributed by atoms with Gasteiger partial charge in [-0.2, -0.15) is 4.31 Å². The van der Waals surface area contributed by atoms with E-state index in [9.17, 15) is 18.3 Å². The van der Waals surface area contributed by atoms with Crippen LogP contribution in [-0.4, -0.2) is 48.5 Å². The van der Waals surface area contributed by atoms with Gasteiger partial charge in [-0.3, -0.25) is 4.79 Å². The van der Waals surface area contributed by atoms with E-state index in [1.165, 1.54) is 9.31 Å². The molecule has 1 aliphatic heterocycles. The van der Waals surface area contributed by atoms with E-state index in [0.29, 0.717) is 30.8 Å². The zero-order valence-corrected chi connectivity index (χ0v) is 23.0. The Balaban J connectivity index is 0.00000235. The van der Waals surface area contributed by atoms with Crippen LogP contribution in [0, 0.1) is 6.92 Å². The lowest BCUT2D eigenvalue weighted by Gasteiger charge is -2.22. The summed E-state index contributed by atoms with van der Waals surface area (Å²) in [6, 6.07) is 12.4. The molecule has 5 N–H and O–H groups in total. The molecule has 0 fully saturated rings. The first-order valence-electron chi connectivity index (χ1n) is 12.6. The van der Waals surface area contributed by atoms with Gasteiger partial charge >= 0.3 is 5.97 Å². The summed E-state index contributed by atoms with van der Waals surface area (Å²) in [5.74, 6) is 4.95. The van der Waals surface area contributed by atoms with Crippen LogP contribution in [0.1, 0.15) is 62.6 Å². The summed E-state index contributed by atoms with van der Waals surface area (Å²) in [7, 11) is -3.75. The van der Waals surface area contributed by atoms with Crippen molar-refractivity contribution in [1.29, 1.82) is 0 Å². The smallest absolute Gasteiger partial charge is 0.303 e. The number of aliphatic carboxylic acids is 1. The molecule has 1 unspecified atom stereocenters. The number of rotatable bonds is 10. The third-order valence-electron chi connectivity index (χ3n) is 6.16. The molecule has 0 amide bonds. The predicted octanol–water partition coefficient (Wildman–Crippen LogP) is 3.94. The van der Waals surface area contributed by atoms with Crippen molar-refractivity contribution >= 4 is 16.0 Å². The van der Waals surface area contributed by atoms with Gasteiger partial charge in [0, 0.05) is 31.5 Å². The predicted molar refractivity (Wildman–Crippen MR) is 145 cm³/mol. The van der Waals surface area contributed by atoms with Crippen molar-refractivity contribution in [2.45, 2.75) is 64.3 Å². The summed E-state index contributed by atoms with van der Waals surface area (Å²) < 4.78 is 33.7. The Kier molecular flexibility index (Phi) is 11.4. The van der Waals surface area contributed by atoms with Crippen molar-refractivity contribution < 1.29 is 23.1 Å². The van der Waals surface area contributed by atoms with E-state index in [4.69, 9.17) is 16.3 Å². The van der Waals surface area contributed by atoms with E-state index < -0.39 is 16.0 Å². The number of para-hydroxylation sites is 1. The number of nitrogens with two attached hydrogens (primary N) is 2. The standard InChI is InChI=1S/C25H34N4O5S.C2H6/c1-3-28(27)17-22(26)11-10-20(15-25(30)31)19-9-8-18(2)21(14-19)16-29-12-13-34-23-6-4-5-7-24(23)35(29,32)33;1-2/h4-9,14,17,20H,3,10-13,15-16,26-27H2,1-2H3,(H,30,31);1-2H3/b22-17-;. The van der Waals surface area contributed by atoms with Crippen LogP contribution in [0.3, 0.4) is 0 Å². The summed E-state index contributed by atoms with van der Waals surface area (Å²) in [5.41, 5.74) is 9.24. The molecule has 10 heteroatoms. The Morgan fingerprint density at radius 3 is 2.62 bits per heavy atom. The molecule has 3 rings (SSSR count). The van der Waals surface area contributed by atoms with Crippen LogP contribution in [0.2, 0.25) is 0 Å². The number of aryl methyl sites for hydroxylation is 1. The number of fused-ring (bicyclic) bond motifs is 1. The monoisotopic (exact) mass is 532 g/mol. The number of hydrazine groups is 1. The lowest BCUT2D eigenvalue weighted by Crippen LogP contribution is -2.32. The molecule has 0 spiro atoms. The molecule has 204 valence electrons. The number of carboxylic acids is 1. The van der Waals surface area contributed by atoms with Gasteiger partial charge in [-0.1, -0.05) is 44.2 Å². The van der Waals surface area contributed by atoms with Gasteiger partial charge in [0.1, 0.15) is 17.3 Å². The van der Waals surface area contributed by atoms with Crippen LogP contribution >= 0.6 is 0 Å². The SMILES string of the molecule is CC.CCN(N)/C=C(\N)CCC(CC(=O)O)c1ccc(C)c(CN2CCOc3ccccc3S2(=O)=O)c1. The van der Waals surface area contributed by atoms with Crippen molar-refractivity contribution in [3.8, 4) is 5.75 Å². The van der Waals surface area contributed by atoms with Crippen molar-refractivity contribution in [3.63, 3.8) is 0 Å². The Bertz CT molecular complexity index is 1180. The minimum Gasteiger partial charge on any atom is -0.491 e. The minimum atomic E-state index is -3.75. The topological polar surface area (TPSA) is 139 Å². The number of nitrogens with zero attached hydrogens (tertiary/aromatic N) is 2. The van der Waals surface area contributed by atoms with Crippen molar-refractivity contribution in [3.05, 3.63) is 71.1 Å². The van der Waals surface area contributed by atoms with Gasteiger partial charge in [0.25, 0.3) is 0 Å². The second kappa shape index (κ2) is 14.0. The normalized spacial score (nSPS) is 15.9. The third-order valence-corrected chi connectivity index (χ3v) is 8.04. The highest BCUT2D eigenvalue weighted by Crippen LogP contribution is 2.32. The molecule has 2 aromatic rings. The van der Waals surface area contributed by atoms with Gasteiger partial charge < -0.3 is 20.6 Å². The molecular weight excluding hydrogens is 492 g/mol. The quantitative estimate of drug-likeness (QED) is 0.309. The van der Waals surface area contributed by atoms with Crippen molar-refractivity contribution in [2.24, 2.45) is 11.6 Å². The van der Waals surface area contributed by atoms with Crippen LogP contribution in [0.4, 0.5) is 0 Å². The lowest BCUT2D eigenvalue weighted by atomic mass is 9.88. The zero-order valence-electron chi connectivity index (χ0n) is 22.2. The number of carboxylic acid groups (broad SMARTS) is 1. The van der Waals surface area contributed by atoms with Gasteiger partial charge in [-0.25, -0.2) is 14.3 Å². The van der Waals surface area contributed by atoms with Crippen LogP contribution < -0.4 is 16.3 Å². The van der Waals surface area contributed by atoms with E-state index in [0.717, 1.165) is 16.7 Å². The molecular formula is C27H40N4O5S. The van der Waals surface area contributed by atoms with Gasteiger partial charge in [0.2, 0.25) is 10.0 Å². The maximum Gasteiger partial charge on any atom is 0.303 e. The van der Waals surface area contributed by atoms with E-state index >= 15 is 0 Å². The highest BCUT2D eigenvalue weighted by atomic mass is 32.2. The second-order valence-corrected chi connectivity index (χ2v) is 10.6. The number of carbonyl (C=O) groups is 1. The van der Waals surface area contributed by atoms with E-state index in [1.54, 1.807) is 30.5 Å². The first-order valence-corrected chi connectivity index (χ1v) is 14.1. The molecule has 0 saturated carbocycles. The molecule has 1 heterocycles. The fourth-order valence-electron chi connectivity index (χ4n) is 4.08. The highest BCUT2D eigenvalue weighted by Gasteiger charge is 2.31. The first kappa shape index (κ1) is 30.1. The summed E-state index contributed by atoms with van der Waals surface area (Å²) in [4.78, 5) is 11.7. The van der Waals surface area contributed by atoms with Gasteiger partial charge in [-0.15, -0.1) is 0 Å². The molecule has 0 radical (unpaired) electrons. The molecule has 0 aliphatic carbocycles. The highest BCUT2D eigenvalue weighted by molar-refractivity contribution is 7.89. The Hall–Kier alpha value is -3.08. The van der Waals surface area contributed by atoms with Gasteiger partial charge in [0.15, 0.2) is 0 Å². The van der Waals surface area contributed by atoms with E-state index in [-0.39, 0.29) is 36.9 Å². The van der Waals surface area contributed by atoms with Crippen LogP contribution in [-0.2, 0) is 21.4 Å². The van der Waals surface area contributed by atoms with E-state index in [2.05, 4.69) is 0 Å². The first-order chi connectivity index (χ1) is 17.6. The Morgan fingerprint density at radius 2 is 1.95 bits per heavy atom. The summed E-state index contributed by atoms with van der Waals surface area (Å²) in [5, 5.41) is 11.0. The second-order valence-electron chi connectivity index (χ2n) is 8.69. The molecule has 0 bridgehead atoms. The van der Waals surface area contributed by atoms with Crippen LogP contribution in [0.5, 0.6) is 5.75 Å². The number of benzene rings is 2. The number of hydrogen-bond donors (Lipinski definition) is 3. The molecule has 2 aromatic carbocycles. The Morgan fingerprint density at radius 1 is 1.24 bits per heavy atom. The fraction of sp³-hybridized carbons (Fsp3) is 0.444. The lowest BCUT2D eigenvalue weighted by molar-refractivity contribution is -0.137. The van der Waals surface area contributed by atoms with Gasteiger partial charge in [0.05, 0.1) is 6.42 Å². The van der Waals surface area contributed by atoms with Crippen LogP contribution in [0.15, 0.2) is 59.3 Å². The zero-order chi connectivity index (χ0) is 27.6. The van der Waals surface area contributed by atoms with Crippen molar-refractivity contribution in [2.75, 3.05) is 19.7 Å². The van der Waals surface area contributed by atoms with E-state index in [1.807, 2.05) is 45.9 Å².